The van der Waals surface area contributed by atoms with E-state index in [1.165, 1.54) is 0 Å². The van der Waals surface area contributed by atoms with Gasteiger partial charge in [0.05, 0.1) is 11.4 Å². The Morgan fingerprint density at radius 2 is 1.95 bits per heavy atom. The average molecular weight is 301 g/mol. The van der Waals surface area contributed by atoms with Crippen molar-refractivity contribution in [2.75, 3.05) is 32.9 Å². The maximum atomic E-state index is 11.9. The Morgan fingerprint density at radius 3 is 2.50 bits per heavy atom. The molecule has 0 fully saturated rings. The van der Waals surface area contributed by atoms with Gasteiger partial charge in [-0.05, 0) is 45.1 Å². The Bertz CT molecular complexity index is 501. The molecular weight excluding hydrogens is 278 g/mol. The first kappa shape index (κ1) is 17.0. The molecule has 0 bridgehead atoms. The van der Waals surface area contributed by atoms with Crippen LogP contribution < -0.4 is 4.72 Å². The molecule has 1 rings (SSSR count). The van der Waals surface area contributed by atoms with Crippen LogP contribution in [0.5, 0.6) is 0 Å². The molecule has 0 radical (unpaired) electrons. The summed E-state index contributed by atoms with van der Waals surface area (Å²) in [7, 11) is 0.254. The van der Waals surface area contributed by atoms with Crippen LogP contribution in [0, 0.1) is 0 Å². The third-order valence-corrected chi connectivity index (χ3v) is 4.06. The fourth-order valence-electron chi connectivity index (χ4n) is 1.88. The van der Waals surface area contributed by atoms with E-state index in [0.29, 0.717) is 13.0 Å². The van der Waals surface area contributed by atoms with E-state index >= 15 is 0 Å². The van der Waals surface area contributed by atoms with Gasteiger partial charge in [0.25, 0.3) is 0 Å². The molecule has 1 atom stereocenters. The molecule has 0 spiro atoms. The molecule has 0 aromatic carbocycles. The molecular formula is C13H23N3O3S. The highest BCUT2D eigenvalue weighted by atomic mass is 32.2. The van der Waals surface area contributed by atoms with Gasteiger partial charge in [-0.2, -0.15) is 0 Å². The fourth-order valence-corrected chi connectivity index (χ4v) is 3.06. The van der Waals surface area contributed by atoms with Crippen molar-refractivity contribution >= 4 is 10.0 Å². The lowest BCUT2D eigenvalue weighted by atomic mass is 10.1. The zero-order chi connectivity index (χ0) is 15.2. The van der Waals surface area contributed by atoms with Crippen LogP contribution in [0.4, 0.5) is 0 Å². The van der Waals surface area contributed by atoms with Gasteiger partial charge in [-0.15, -0.1) is 0 Å². The number of hydrogen-bond acceptors (Lipinski definition) is 5. The molecule has 1 aromatic heterocycles. The molecule has 1 aromatic rings. The van der Waals surface area contributed by atoms with Crippen molar-refractivity contribution in [3.8, 4) is 0 Å². The van der Waals surface area contributed by atoms with Gasteiger partial charge in [0, 0.05) is 25.5 Å². The molecule has 0 saturated carbocycles. The van der Waals surface area contributed by atoms with Gasteiger partial charge in [0.2, 0.25) is 10.0 Å². The summed E-state index contributed by atoms with van der Waals surface area (Å²) in [5.74, 6) is -0.00490. The Hall–Kier alpha value is -1.02. The van der Waals surface area contributed by atoms with Crippen LogP contribution in [0.15, 0.2) is 24.5 Å². The van der Waals surface area contributed by atoms with Gasteiger partial charge in [0.15, 0.2) is 0 Å². The van der Waals surface area contributed by atoms with Crippen molar-refractivity contribution in [1.82, 2.24) is 14.6 Å². The lowest BCUT2D eigenvalue weighted by Gasteiger charge is -2.27. The Labute approximate surface area is 120 Å². The topological polar surface area (TPSA) is 82.5 Å². The predicted molar refractivity (Wildman–Crippen MR) is 78.9 cm³/mol. The SMILES string of the molecule is CN(C)CC(C)(O)CNS(=O)(=O)CCc1ccncc1. The summed E-state index contributed by atoms with van der Waals surface area (Å²) >= 11 is 0. The molecule has 114 valence electrons. The standard InChI is InChI=1S/C13H23N3O3S/c1-13(17,11-16(2)3)10-15-20(18,19)9-6-12-4-7-14-8-5-12/h4-5,7-8,15,17H,6,9-11H2,1-3H3. The minimum Gasteiger partial charge on any atom is -0.387 e. The van der Waals surface area contributed by atoms with Crippen molar-refractivity contribution in [2.45, 2.75) is 18.9 Å². The summed E-state index contributed by atoms with van der Waals surface area (Å²) in [4.78, 5) is 5.69. The highest BCUT2D eigenvalue weighted by molar-refractivity contribution is 7.89. The number of aliphatic hydroxyl groups is 1. The first-order chi connectivity index (χ1) is 9.20. The van der Waals surface area contributed by atoms with Gasteiger partial charge in [-0.3, -0.25) is 4.98 Å². The number of nitrogens with zero attached hydrogens (tertiary/aromatic N) is 2. The van der Waals surface area contributed by atoms with E-state index in [9.17, 15) is 13.5 Å². The third kappa shape index (κ3) is 6.95. The number of aromatic nitrogens is 1. The molecule has 0 amide bonds. The largest absolute Gasteiger partial charge is 0.387 e. The van der Waals surface area contributed by atoms with E-state index in [0.717, 1.165) is 5.56 Å². The van der Waals surface area contributed by atoms with Gasteiger partial charge in [-0.25, -0.2) is 13.1 Å². The number of pyridine rings is 1. The molecule has 0 aliphatic rings. The quantitative estimate of drug-likeness (QED) is 0.698. The lowest BCUT2D eigenvalue weighted by molar-refractivity contribution is 0.0386. The molecule has 7 heteroatoms. The molecule has 0 saturated heterocycles. The van der Waals surface area contributed by atoms with Gasteiger partial charge >= 0.3 is 0 Å². The van der Waals surface area contributed by atoms with E-state index in [2.05, 4.69) is 9.71 Å². The Morgan fingerprint density at radius 1 is 1.35 bits per heavy atom. The van der Waals surface area contributed by atoms with Crippen LogP contribution in [0.2, 0.25) is 0 Å². The summed E-state index contributed by atoms with van der Waals surface area (Å²) < 4.78 is 26.2. The molecule has 1 unspecified atom stereocenters. The summed E-state index contributed by atoms with van der Waals surface area (Å²) in [6.07, 6.45) is 3.70. The van der Waals surface area contributed by atoms with Crippen molar-refractivity contribution in [1.29, 1.82) is 0 Å². The summed E-state index contributed by atoms with van der Waals surface area (Å²) in [6.45, 7) is 2.00. The zero-order valence-corrected chi connectivity index (χ0v) is 13.0. The summed E-state index contributed by atoms with van der Waals surface area (Å²) in [5, 5.41) is 10.1. The van der Waals surface area contributed by atoms with Gasteiger partial charge in [0.1, 0.15) is 0 Å². The van der Waals surface area contributed by atoms with Crippen molar-refractivity contribution in [2.24, 2.45) is 0 Å². The molecule has 6 nitrogen and oxygen atoms in total. The van der Waals surface area contributed by atoms with Crippen molar-refractivity contribution in [3.63, 3.8) is 0 Å². The van der Waals surface area contributed by atoms with Crippen LogP contribution in [0.25, 0.3) is 0 Å². The van der Waals surface area contributed by atoms with Crippen LogP contribution in [0.3, 0.4) is 0 Å². The Balaban J connectivity index is 2.46. The second-order valence-corrected chi connectivity index (χ2v) is 7.41. The predicted octanol–water partition coefficient (Wildman–Crippen LogP) is -0.144. The molecule has 2 N–H and O–H groups in total. The first-order valence-corrected chi connectivity index (χ1v) is 8.09. The maximum absolute atomic E-state index is 11.9. The smallest absolute Gasteiger partial charge is 0.212 e. The van der Waals surface area contributed by atoms with E-state index < -0.39 is 15.6 Å². The highest BCUT2D eigenvalue weighted by Crippen LogP contribution is 2.05. The van der Waals surface area contributed by atoms with E-state index in [-0.39, 0.29) is 12.3 Å². The summed E-state index contributed by atoms with van der Waals surface area (Å²) in [5.41, 5.74) is -0.168. The molecule has 20 heavy (non-hydrogen) atoms. The van der Waals surface area contributed by atoms with Gasteiger partial charge in [-0.1, -0.05) is 0 Å². The second-order valence-electron chi connectivity index (χ2n) is 5.48. The van der Waals surface area contributed by atoms with E-state index in [4.69, 9.17) is 0 Å². The first-order valence-electron chi connectivity index (χ1n) is 6.44. The molecule has 0 aliphatic heterocycles. The fraction of sp³-hybridized carbons (Fsp3) is 0.615. The van der Waals surface area contributed by atoms with Crippen LogP contribution >= 0.6 is 0 Å². The molecule has 0 aliphatic carbocycles. The van der Waals surface area contributed by atoms with E-state index in [1.54, 1.807) is 31.5 Å². The van der Waals surface area contributed by atoms with Gasteiger partial charge < -0.3 is 10.0 Å². The van der Waals surface area contributed by atoms with Crippen LogP contribution in [-0.2, 0) is 16.4 Å². The highest BCUT2D eigenvalue weighted by Gasteiger charge is 2.23. The number of nitrogens with one attached hydrogen (secondary N) is 1. The minimum absolute atomic E-state index is 0.00383. The third-order valence-electron chi connectivity index (χ3n) is 2.74. The normalized spacial score (nSPS) is 15.2. The lowest BCUT2D eigenvalue weighted by Crippen LogP contribution is -2.47. The number of sulfonamides is 1. The number of aryl methyl sites for hydroxylation is 1. The average Bonchev–Trinajstić information content (AvgIpc) is 2.34. The van der Waals surface area contributed by atoms with Crippen LogP contribution in [0.1, 0.15) is 12.5 Å². The summed E-state index contributed by atoms with van der Waals surface area (Å²) in [6, 6.07) is 3.58. The van der Waals surface area contributed by atoms with E-state index in [1.807, 2.05) is 19.0 Å². The van der Waals surface area contributed by atoms with Crippen LogP contribution in [-0.4, -0.2) is 61.9 Å². The monoisotopic (exact) mass is 301 g/mol. The maximum Gasteiger partial charge on any atom is 0.212 e. The minimum atomic E-state index is -3.40. The van der Waals surface area contributed by atoms with Crippen molar-refractivity contribution < 1.29 is 13.5 Å². The van der Waals surface area contributed by atoms with Crippen molar-refractivity contribution in [3.05, 3.63) is 30.1 Å². The number of rotatable bonds is 8. The Kier molecular flexibility index (Phi) is 6.07. The second kappa shape index (κ2) is 7.12. The number of hydrogen-bond donors (Lipinski definition) is 2. The zero-order valence-electron chi connectivity index (χ0n) is 12.2. The molecule has 1 heterocycles. The number of likely N-dealkylation sites (N-methyl/N-ethyl adjacent to an activating group) is 1.